The van der Waals surface area contributed by atoms with Crippen LogP contribution in [0.3, 0.4) is 0 Å². The topological polar surface area (TPSA) is 68.0 Å². The Kier molecular flexibility index (Phi) is 3.76. The van der Waals surface area contributed by atoms with Crippen molar-refractivity contribution >= 4 is 5.91 Å². The van der Waals surface area contributed by atoms with Crippen molar-refractivity contribution in [2.24, 2.45) is 5.92 Å². The fraction of sp³-hybridized carbons (Fsp3) is 0.400. The molecule has 0 saturated heterocycles. The van der Waals surface area contributed by atoms with Gasteiger partial charge in [-0.25, -0.2) is 4.98 Å². The van der Waals surface area contributed by atoms with Crippen LogP contribution in [0.25, 0.3) is 11.5 Å². The van der Waals surface area contributed by atoms with E-state index >= 15 is 0 Å². The van der Waals surface area contributed by atoms with Crippen molar-refractivity contribution in [3.05, 3.63) is 36.5 Å². The molecule has 1 aliphatic carbocycles. The van der Waals surface area contributed by atoms with E-state index in [1.807, 2.05) is 12.1 Å². The summed E-state index contributed by atoms with van der Waals surface area (Å²) in [5.41, 5.74) is 1.41. The number of carbonyl (C=O) groups is 1. The molecule has 5 nitrogen and oxygen atoms in total. The fourth-order valence-electron chi connectivity index (χ4n) is 2.62. The lowest BCUT2D eigenvalue weighted by Crippen LogP contribution is -2.29. The van der Waals surface area contributed by atoms with Crippen LogP contribution in [0, 0.1) is 5.92 Å². The minimum atomic E-state index is 0.124. The highest BCUT2D eigenvalue weighted by molar-refractivity contribution is 5.79. The van der Waals surface area contributed by atoms with Gasteiger partial charge in [-0.3, -0.25) is 9.78 Å². The third kappa shape index (κ3) is 2.71. The molecule has 1 amide bonds. The summed E-state index contributed by atoms with van der Waals surface area (Å²) in [4.78, 5) is 20.6. The van der Waals surface area contributed by atoms with E-state index in [9.17, 15) is 4.79 Å². The first-order valence-electron chi connectivity index (χ1n) is 6.96. The van der Waals surface area contributed by atoms with Crippen molar-refractivity contribution in [2.45, 2.75) is 32.2 Å². The van der Waals surface area contributed by atoms with E-state index in [1.165, 1.54) is 0 Å². The van der Waals surface area contributed by atoms with Gasteiger partial charge in [-0.05, 0) is 25.0 Å². The average molecular weight is 271 g/mol. The number of carbonyl (C=O) groups excluding carboxylic acids is 1. The molecule has 3 rings (SSSR count). The highest BCUT2D eigenvalue weighted by Crippen LogP contribution is 2.25. The van der Waals surface area contributed by atoms with Gasteiger partial charge in [-0.2, -0.15) is 0 Å². The lowest BCUT2D eigenvalue weighted by molar-refractivity contribution is -0.124. The van der Waals surface area contributed by atoms with Crippen molar-refractivity contribution in [3.63, 3.8) is 0 Å². The second-order valence-corrected chi connectivity index (χ2v) is 5.03. The molecule has 104 valence electrons. The zero-order valence-electron chi connectivity index (χ0n) is 11.2. The van der Waals surface area contributed by atoms with E-state index in [2.05, 4.69) is 15.3 Å². The number of aromatic nitrogens is 2. The summed E-state index contributed by atoms with van der Waals surface area (Å²) in [6.07, 6.45) is 9.16. The van der Waals surface area contributed by atoms with Crippen LogP contribution in [0.5, 0.6) is 0 Å². The van der Waals surface area contributed by atoms with Crippen LogP contribution in [0.15, 0.2) is 35.2 Å². The van der Waals surface area contributed by atoms with Crippen LogP contribution in [-0.4, -0.2) is 15.9 Å². The Morgan fingerprint density at radius 3 is 2.85 bits per heavy atom. The molecule has 5 heteroatoms. The molecule has 1 saturated carbocycles. The summed E-state index contributed by atoms with van der Waals surface area (Å²) in [5.74, 6) is 0.959. The maximum absolute atomic E-state index is 12.0. The van der Waals surface area contributed by atoms with E-state index in [0.717, 1.165) is 31.4 Å². The minimum absolute atomic E-state index is 0.124. The van der Waals surface area contributed by atoms with Crippen LogP contribution < -0.4 is 5.32 Å². The van der Waals surface area contributed by atoms with Gasteiger partial charge < -0.3 is 9.73 Å². The van der Waals surface area contributed by atoms with Crippen LogP contribution in [0.1, 0.15) is 31.4 Å². The van der Waals surface area contributed by atoms with Gasteiger partial charge in [-0.15, -0.1) is 0 Å². The van der Waals surface area contributed by atoms with Gasteiger partial charge in [0.25, 0.3) is 0 Å². The standard InChI is InChI=1S/C15H17N3O2/c19-15(11-4-1-2-5-11)18-10-12-14(17-8-7-16-12)13-6-3-9-20-13/h3,6-9,11H,1-2,4-5,10H2,(H,18,19). The number of amides is 1. The summed E-state index contributed by atoms with van der Waals surface area (Å²) in [5, 5.41) is 2.96. The molecule has 0 radical (unpaired) electrons. The second kappa shape index (κ2) is 5.86. The van der Waals surface area contributed by atoms with Crippen LogP contribution in [0.4, 0.5) is 0 Å². The summed E-state index contributed by atoms with van der Waals surface area (Å²) < 4.78 is 5.35. The predicted molar refractivity (Wildman–Crippen MR) is 73.5 cm³/mol. The van der Waals surface area contributed by atoms with E-state index in [-0.39, 0.29) is 11.8 Å². The van der Waals surface area contributed by atoms with E-state index < -0.39 is 0 Å². The Balaban J connectivity index is 1.70. The number of hydrogen-bond acceptors (Lipinski definition) is 4. The van der Waals surface area contributed by atoms with Gasteiger partial charge >= 0.3 is 0 Å². The maximum Gasteiger partial charge on any atom is 0.223 e. The highest BCUT2D eigenvalue weighted by atomic mass is 16.3. The van der Waals surface area contributed by atoms with Crippen LogP contribution in [0.2, 0.25) is 0 Å². The Morgan fingerprint density at radius 1 is 1.30 bits per heavy atom. The largest absolute Gasteiger partial charge is 0.463 e. The van der Waals surface area contributed by atoms with Crippen molar-refractivity contribution < 1.29 is 9.21 Å². The lowest BCUT2D eigenvalue weighted by atomic mass is 10.1. The summed E-state index contributed by atoms with van der Waals surface area (Å²) in [6.45, 7) is 0.388. The number of nitrogens with zero attached hydrogens (tertiary/aromatic N) is 2. The van der Waals surface area contributed by atoms with Gasteiger partial charge in [0.2, 0.25) is 5.91 Å². The van der Waals surface area contributed by atoms with Gasteiger partial charge in [-0.1, -0.05) is 12.8 Å². The molecule has 0 bridgehead atoms. The Morgan fingerprint density at radius 2 is 2.10 bits per heavy atom. The molecule has 0 unspecified atom stereocenters. The van der Waals surface area contributed by atoms with Crippen LogP contribution >= 0.6 is 0 Å². The molecule has 0 atom stereocenters. The van der Waals surface area contributed by atoms with Crippen molar-refractivity contribution in [2.75, 3.05) is 0 Å². The molecule has 1 aliphatic rings. The summed E-state index contributed by atoms with van der Waals surface area (Å²) >= 11 is 0. The molecule has 0 aliphatic heterocycles. The quantitative estimate of drug-likeness (QED) is 0.927. The monoisotopic (exact) mass is 271 g/mol. The Labute approximate surface area is 117 Å². The van der Waals surface area contributed by atoms with Gasteiger partial charge in [0, 0.05) is 18.3 Å². The second-order valence-electron chi connectivity index (χ2n) is 5.03. The predicted octanol–water partition coefficient (Wildman–Crippen LogP) is 2.54. The third-order valence-electron chi connectivity index (χ3n) is 3.68. The fourth-order valence-corrected chi connectivity index (χ4v) is 2.62. The zero-order chi connectivity index (χ0) is 13.8. The maximum atomic E-state index is 12.0. The lowest BCUT2D eigenvalue weighted by Gasteiger charge is -2.11. The molecule has 0 aromatic carbocycles. The third-order valence-corrected chi connectivity index (χ3v) is 3.68. The van der Waals surface area contributed by atoms with Gasteiger partial charge in [0.1, 0.15) is 5.69 Å². The SMILES string of the molecule is O=C(NCc1nccnc1-c1ccco1)C1CCCC1. The van der Waals surface area contributed by atoms with Crippen molar-refractivity contribution in [1.29, 1.82) is 0 Å². The van der Waals surface area contributed by atoms with Gasteiger partial charge in [0.05, 0.1) is 18.5 Å². The smallest absolute Gasteiger partial charge is 0.223 e. The molecule has 1 fully saturated rings. The number of nitrogens with one attached hydrogen (secondary N) is 1. The number of hydrogen-bond donors (Lipinski definition) is 1. The molecular formula is C15H17N3O2. The minimum Gasteiger partial charge on any atom is -0.463 e. The Bertz CT molecular complexity index is 575. The first kappa shape index (κ1) is 12.8. The van der Waals surface area contributed by atoms with E-state index in [1.54, 1.807) is 18.7 Å². The molecule has 0 spiro atoms. The first-order chi connectivity index (χ1) is 9.84. The number of furan rings is 1. The normalized spacial score (nSPS) is 15.4. The highest BCUT2D eigenvalue weighted by Gasteiger charge is 2.22. The summed E-state index contributed by atoms with van der Waals surface area (Å²) in [7, 11) is 0. The van der Waals surface area contributed by atoms with Crippen molar-refractivity contribution in [1.82, 2.24) is 15.3 Å². The molecule has 2 aromatic rings. The van der Waals surface area contributed by atoms with Crippen LogP contribution in [-0.2, 0) is 11.3 Å². The van der Waals surface area contributed by atoms with E-state index in [0.29, 0.717) is 18.0 Å². The molecule has 2 heterocycles. The Hall–Kier alpha value is -2.17. The number of rotatable bonds is 4. The average Bonchev–Trinajstić information content (AvgIpc) is 3.17. The zero-order valence-corrected chi connectivity index (χ0v) is 11.2. The molecule has 2 aromatic heterocycles. The molecule has 1 N–H and O–H groups in total. The van der Waals surface area contributed by atoms with Crippen molar-refractivity contribution in [3.8, 4) is 11.5 Å². The molecular weight excluding hydrogens is 254 g/mol. The molecule has 20 heavy (non-hydrogen) atoms. The first-order valence-corrected chi connectivity index (χ1v) is 6.96. The van der Waals surface area contributed by atoms with E-state index in [4.69, 9.17) is 4.42 Å². The summed E-state index contributed by atoms with van der Waals surface area (Å²) in [6, 6.07) is 3.65. The van der Waals surface area contributed by atoms with Gasteiger partial charge in [0.15, 0.2) is 5.76 Å².